The first-order valence-corrected chi connectivity index (χ1v) is 10.0. The van der Waals surface area contributed by atoms with Gasteiger partial charge in [-0.3, -0.25) is 9.59 Å². The van der Waals surface area contributed by atoms with Crippen LogP contribution in [0.1, 0.15) is 44.7 Å². The first-order valence-electron chi connectivity index (χ1n) is 8.53. The summed E-state index contributed by atoms with van der Waals surface area (Å²) in [5, 5.41) is 2.73. The van der Waals surface area contributed by atoms with Crippen LogP contribution in [0.15, 0.2) is 41.3 Å². The van der Waals surface area contributed by atoms with Crippen LogP contribution in [0, 0.1) is 13.8 Å². The van der Waals surface area contributed by atoms with Gasteiger partial charge in [-0.15, -0.1) is 0 Å². The topological polar surface area (TPSA) is 118 Å². The zero-order valence-corrected chi connectivity index (χ0v) is 15.9. The van der Waals surface area contributed by atoms with Crippen LogP contribution in [0.2, 0.25) is 0 Å². The van der Waals surface area contributed by atoms with E-state index in [4.69, 9.17) is 5.73 Å². The lowest BCUT2D eigenvalue weighted by Gasteiger charge is -2.13. The number of hydrogen-bond acceptors (Lipinski definition) is 4. The number of carbonyl (C=O) groups is 2. The number of nitrogens with two attached hydrogens (primary N) is 1. The second kappa shape index (κ2) is 7.13. The summed E-state index contributed by atoms with van der Waals surface area (Å²) in [6.45, 7) is 3.41. The molecule has 3 rings (SSSR count). The highest BCUT2D eigenvalue weighted by Crippen LogP contribution is 2.24. The molecule has 4 N–H and O–H groups in total. The van der Waals surface area contributed by atoms with Crippen molar-refractivity contribution >= 4 is 27.5 Å². The molecule has 1 aliphatic rings. The molecule has 2 amide bonds. The molecule has 27 heavy (non-hydrogen) atoms. The summed E-state index contributed by atoms with van der Waals surface area (Å²) in [7, 11) is -3.66. The van der Waals surface area contributed by atoms with Gasteiger partial charge < -0.3 is 11.1 Å². The molecule has 0 aliphatic heterocycles. The average Bonchev–Trinajstić information content (AvgIpc) is 3.39. The number of amides is 2. The second-order valence-electron chi connectivity index (χ2n) is 6.67. The number of nitrogens with one attached hydrogen (secondary N) is 2. The van der Waals surface area contributed by atoms with Crippen molar-refractivity contribution in [1.29, 1.82) is 0 Å². The maximum absolute atomic E-state index is 12.7. The van der Waals surface area contributed by atoms with Crippen LogP contribution in [0.25, 0.3) is 0 Å². The van der Waals surface area contributed by atoms with Gasteiger partial charge in [0.15, 0.2) is 0 Å². The summed E-state index contributed by atoms with van der Waals surface area (Å²) >= 11 is 0. The first kappa shape index (κ1) is 19.1. The lowest BCUT2D eigenvalue weighted by Crippen LogP contribution is -2.26. The molecule has 1 fully saturated rings. The van der Waals surface area contributed by atoms with Crippen molar-refractivity contribution in [3.05, 3.63) is 58.7 Å². The van der Waals surface area contributed by atoms with Gasteiger partial charge >= 0.3 is 0 Å². The van der Waals surface area contributed by atoms with Crippen molar-refractivity contribution in [2.24, 2.45) is 5.73 Å². The van der Waals surface area contributed by atoms with Gasteiger partial charge in [0, 0.05) is 22.9 Å². The fraction of sp³-hybridized carbons (Fsp3) is 0.263. The number of primary amides is 1. The molecule has 0 saturated heterocycles. The van der Waals surface area contributed by atoms with Crippen LogP contribution < -0.4 is 15.8 Å². The van der Waals surface area contributed by atoms with Crippen molar-refractivity contribution in [3.8, 4) is 0 Å². The van der Waals surface area contributed by atoms with Crippen LogP contribution in [-0.4, -0.2) is 26.3 Å². The van der Waals surface area contributed by atoms with E-state index in [1.807, 2.05) is 0 Å². The number of sulfonamides is 1. The van der Waals surface area contributed by atoms with Gasteiger partial charge in [-0.25, -0.2) is 13.1 Å². The lowest BCUT2D eigenvalue weighted by molar-refractivity contribution is 0.0995. The Kier molecular flexibility index (Phi) is 5.03. The fourth-order valence-electron chi connectivity index (χ4n) is 2.73. The minimum absolute atomic E-state index is 0.0206. The lowest BCUT2D eigenvalue weighted by atomic mass is 10.0. The Bertz CT molecular complexity index is 1030. The Morgan fingerprint density at radius 1 is 1.07 bits per heavy atom. The monoisotopic (exact) mass is 387 g/mol. The maximum atomic E-state index is 12.7. The van der Waals surface area contributed by atoms with E-state index in [2.05, 4.69) is 10.0 Å². The van der Waals surface area contributed by atoms with Crippen LogP contribution in [0.3, 0.4) is 0 Å². The number of aryl methyl sites for hydroxylation is 1. The molecule has 7 nitrogen and oxygen atoms in total. The highest BCUT2D eigenvalue weighted by atomic mass is 32.2. The van der Waals surface area contributed by atoms with E-state index in [1.165, 1.54) is 12.1 Å². The predicted octanol–water partition coefficient (Wildman–Crippen LogP) is 2.10. The molecule has 0 bridgehead atoms. The summed E-state index contributed by atoms with van der Waals surface area (Å²) < 4.78 is 27.4. The first-order chi connectivity index (χ1) is 12.7. The van der Waals surface area contributed by atoms with Gasteiger partial charge in [0.25, 0.3) is 5.91 Å². The molecule has 0 aromatic heterocycles. The molecule has 2 aromatic carbocycles. The Hall–Kier alpha value is -2.71. The van der Waals surface area contributed by atoms with E-state index >= 15 is 0 Å². The van der Waals surface area contributed by atoms with Crippen LogP contribution in [-0.2, 0) is 10.0 Å². The van der Waals surface area contributed by atoms with Crippen LogP contribution in [0.4, 0.5) is 5.69 Å². The van der Waals surface area contributed by atoms with Gasteiger partial charge in [-0.05, 0) is 62.1 Å². The van der Waals surface area contributed by atoms with E-state index < -0.39 is 21.8 Å². The molecule has 0 radical (unpaired) electrons. The van der Waals surface area contributed by atoms with Crippen molar-refractivity contribution in [3.63, 3.8) is 0 Å². The van der Waals surface area contributed by atoms with E-state index in [0.29, 0.717) is 22.4 Å². The van der Waals surface area contributed by atoms with Gasteiger partial charge in [0.05, 0.1) is 4.90 Å². The molecular weight excluding hydrogens is 366 g/mol. The average molecular weight is 387 g/mol. The third-order valence-corrected chi connectivity index (χ3v) is 6.03. The molecule has 0 atom stereocenters. The SMILES string of the molecule is Cc1ccc(S(=O)(=O)NC2CC2)cc1C(=O)Nc1cccc(C(N)=O)c1C. The zero-order chi connectivity index (χ0) is 19.8. The quantitative estimate of drug-likeness (QED) is 0.703. The van der Waals surface area contributed by atoms with Gasteiger partial charge in [-0.2, -0.15) is 0 Å². The predicted molar refractivity (Wildman–Crippen MR) is 102 cm³/mol. The van der Waals surface area contributed by atoms with E-state index in [1.54, 1.807) is 38.1 Å². The van der Waals surface area contributed by atoms with Gasteiger partial charge in [-0.1, -0.05) is 12.1 Å². The number of anilines is 1. The minimum Gasteiger partial charge on any atom is -0.366 e. The van der Waals surface area contributed by atoms with Gasteiger partial charge in [0.1, 0.15) is 0 Å². The largest absolute Gasteiger partial charge is 0.366 e. The zero-order valence-electron chi connectivity index (χ0n) is 15.1. The van der Waals surface area contributed by atoms with Crippen molar-refractivity contribution < 1.29 is 18.0 Å². The Morgan fingerprint density at radius 3 is 2.41 bits per heavy atom. The molecule has 0 heterocycles. The highest BCUT2D eigenvalue weighted by Gasteiger charge is 2.28. The molecule has 1 aliphatic carbocycles. The van der Waals surface area contributed by atoms with Crippen LogP contribution >= 0.6 is 0 Å². The summed E-state index contributed by atoms with van der Waals surface area (Å²) in [5.74, 6) is -1.04. The molecule has 0 spiro atoms. The molecule has 142 valence electrons. The number of carbonyl (C=O) groups excluding carboxylic acids is 2. The number of benzene rings is 2. The summed E-state index contributed by atoms with van der Waals surface area (Å²) in [4.78, 5) is 24.3. The fourth-order valence-corrected chi connectivity index (χ4v) is 4.06. The Labute approximate surface area is 158 Å². The number of rotatable bonds is 6. The van der Waals surface area contributed by atoms with Gasteiger partial charge in [0.2, 0.25) is 15.9 Å². The molecule has 2 aromatic rings. The Morgan fingerprint density at radius 2 is 1.78 bits per heavy atom. The Balaban J connectivity index is 1.90. The molecule has 1 saturated carbocycles. The summed E-state index contributed by atoms with van der Waals surface area (Å²) in [5.41, 5.74) is 7.53. The van der Waals surface area contributed by atoms with Crippen molar-refractivity contribution in [2.75, 3.05) is 5.32 Å². The molecule has 8 heteroatoms. The second-order valence-corrected chi connectivity index (χ2v) is 8.38. The highest BCUT2D eigenvalue weighted by molar-refractivity contribution is 7.89. The summed E-state index contributed by atoms with van der Waals surface area (Å²) in [6, 6.07) is 9.28. The van der Waals surface area contributed by atoms with E-state index in [-0.39, 0.29) is 16.5 Å². The normalized spacial score (nSPS) is 14.0. The van der Waals surface area contributed by atoms with Crippen molar-refractivity contribution in [1.82, 2.24) is 4.72 Å². The van der Waals surface area contributed by atoms with Crippen LogP contribution in [0.5, 0.6) is 0 Å². The van der Waals surface area contributed by atoms with Crippen molar-refractivity contribution in [2.45, 2.75) is 37.6 Å². The standard InChI is InChI=1S/C19H21N3O4S/c1-11-6-9-14(27(25,26)22-13-7-8-13)10-16(11)19(24)21-17-5-3-4-15(12(17)2)18(20)23/h3-6,9-10,13,22H,7-8H2,1-2H3,(H2,20,23)(H,21,24). The maximum Gasteiger partial charge on any atom is 0.255 e. The summed E-state index contributed by atoms with van der Waals surface area (Å²) in [6.07, 6.45) is 1.65. The molecule has 0 unspecified atom stereocenters. The molecular formula is C19H21N3O4S. The number of hydrogen-bond donors (Lipinski definition) is 3. The smallest absolute Gasteiger partial charge is 0.255 e. The van der Waals surface area contributed by atoms with E-state index in [9.17, 15) is 18.0 Å². The third-order valence-electron chi connectivity index (χ3n) is 4.51. The third kappa shape index (κ3) is 4.17. The van der Waals surface area contributed by atoms with E-state index in [0.717, 1.165) is 12.8 Å². The minimum atomic E-state index is -3.66.